The van der Waals surface area contributed by atoms with Gasteiger partial charge in [-0.15, -0.1) is 11.6 Å². The molecule has 1 N–H and O–H groups in total. The standard InChI is InChI=1S/C17H18BrClO2/c1-17(20,11-2-12-19)13-3-7-15(8-4-13)21-16-9-5-14(18)6-10-16/h3-10,20H,2,11-12H2,1H3. The second-order valence-corrected chi connectivity index (χ2v) is 6.44. The molecular weight excluding hydrogens is 352 g/mol. The van der Waals surface area contributed by atoms with Gasteiger partial charge in [0.2, 0.25) is 0 Å². The van der Waals surface area contributed by atoms with E-state index >= 15 is 0 Å². The lowest BCUT2D eigenvalue weighted by Gasteiger charge is -2.23. The first-order valence-electron chi connectivity index (χ1n) is 6.83. The lowest BCUT2D eigenvalue weighted by Crippen LogP contribution is -2.21. The summed E-state index contributed by atoms with van der Waals surface area (Å²) in [5, 5.41) is 10.4. The maximum Gasteiger partial charge on any atom is 0.127 e. The highest BCUT2D eigenvalue weighted by Crippen LogP contribution is 2.29. The molecule has 21 heavy (non-hydrogen) atoms. The summed E-state index contributed by atoms with van der Waals surface area (Å²) in [4.78, 5) is 0. The van der Waals surface area contributed by atoms with E-state index in [0.29, 0.717) is 12.3 Å². The number of hydrogen-bond acceptors (Lipinski definition) is 2. The molecule has 0 radical (unpaired) electrons. The van der Waals surface area contributed by atoms with Crippen LogP contribution in [0.2, 0.25) is 0 Å². The Morgan fingerprint density at radius 1 is 1.05 bits per heavy atom. The van der Waals surface area contributed by atoms with E-state index in [1.165, 1.54) is 0 Å². The Bertz CT molecular complexity index is 564. The fraction of sp³-hybridized carbons (Fsp3) is 0.294. The largest absolute Gasteiger partial charge is 0.457 e. The number of alkyl halides is 1. The van der Waals surface area contributed by atoms with Gasteiger partial charge in [-0.1, -0.05) is 28.1 Å². The maximum absolute atomic E-state index is 10.4. The first-order chi connectivity index (χ1) is 10.0. The Morgan fingerprint density at radius 3 is 2.10 bits per heavy atom. The summed E-state index contributed by atoms with van der Waals surface area (Å²) in [6.45, 7) is 1.81. The minimum Gasteiger partial charge on any atom is -0.457 e. The first-order valence-corrected chi connectivity index (χ1v) is 8.16. The van der Waals surface area contributed by atoms with Crippen LogP contribution < -0.4 is 4.74 Å². The molecule has 1 unspecified atom stereocenters. The Balaban J connectivity index is 2.06. The van der Waals surface area contributed by atoms with Crippen molar-refractivity contribution >= 4 is 27.5 Å². The predicted octanol–water partition coefficient (Wildman–Crippen LogP) is 5.47. The van der Waals surface area contributed by atoms with Gasteiger partial charge in [-0.25, -0.2) is 0 Å². The van der Waals surface area contributed by atoms with Crippen LogP contribution in [0.3, 0.4) is 0 Å². The average Bonchev–Trinajstić information content (AvgIpc) is 2.48. The SMILES string of the molecule is CC(O)(CCCCl)c1ccc(Oc2ccc(Br)cc2)cc1. The van der Waals surface area contributed by atoms with Gasteiger partial charge in [0.25, 0.3) is 0 Å². The molecular formula is C17H18BrClO2. The topological polar surface area (TPSA) is 29.5 Å². The maximum atomic E-state index is 10.4. The third-order valence-corrected chi connectivity index (χ3v) is 4.12. The predicted molar refractivity (Wildman–Crippen MR) is 90.2 cm³/mol. The molecule has 2 aromatic rings. The fourth-order valence-electron chi connectivity index (χ4n) is 2.08. The quantitative estimate of drug-likeness (QED) is 0.684. The van der Waals surface area contributed by atoms with Gasteiger partial charge in [-0.2, -0.15) is 0 Å². The smallest absolute Gasteiger partial charge is 0.127 e. The Morgan fingerprint density at radius 2 is 1.57 bits per heavy atom. The van der Waals surface area contributed by atoms with Crippen molar-refractivity contribution in [2.45, 2.75) is 25.4 Å². The monoisotopic (exact) mass is 368 g/mol. The van der Waals surface area contributed by atoms with Gasteiger partial charge in [0, 0.05) is 10.4 Å². The second kappa shape index (κ2) is 7.30. The van der Waals surface area contributed by atoms with E-state index in [1.807, 2.05) is 55.5 Å². The van der Waals surface area contributed by atoms with Gasteiger partial charge in [0.15, 0.2) is 0 Å². The molecule has 0 fully saturated rings. The molecule has 0 aliphatic carbocycles. The summed E-state index contributed by atoms with van der Waals surface area (Å²) in [5.41, 5.74) is 0.0150. The van der Waals surface area contributed by atoms with Crippen molar-refractivity contribution in [1.82, 2.24) is 0 Å². The van der Waals surface area contributed by atoms with E-state index in [0.717, 1.165) is 28.0 Å². The van der Waals surface area contributed by atoms with Crippen molar-refractivity contribution in [1.29, 1.82) is 0 Å². The molecule has 0 aromatic heterocycles. The van der Waals surface area contributed by atoms with Crippen LogP contribution in [0.25, 0.3) is 0 Å². The van der Waals surface area contributed by atoms with Crippen LogP contribution in [0.5, 0.6) is 11.5 Å². The lowest BCUT2D eigenvalue weighted by molar-refractivity contribution is 0.0471. The van der Waals surface area contributed by atoms with Crippen molar-refractivity contribution in [2.24, 2.45) is 0 Å². The van der Waals surface area contributed by atoms with E-state index < -0.39 is 5.60 Å². The summed E-state index contributed by atoms with van der Waals surface area (Å²) < 4.78 is 6.77. The summed E-state index contributed by atoms with van der Waals surface area (Å²) >= 11 is 9.08. The molecule has 0 aliphatic rings. The van der Waals surface area contributed by atoms with E-state index in [9.17, 15) is 5.11 Å². The molecule has 2 aromatic carbocycles. The van der Waals surface area contributed by atoms with Crippen LogP contribution in [0.15, 0.2) is 53.0 Å². The third kappa shape index (κ3) is 4.73. The van der Waals surface area contributed by atoms with Crippen LogP contribution in [0.1, 0.15) is 25.3 Å². The van der Waals surface area contributed by atoms with Gasteiger partial charge >= 0.3 is 0 Å². The van der Waals surface area contributed by atoms with Crippen LogP contribution in [-0.4, -0.2) is 11.0 Å². The summed E-state index contributed by atoms with van der Waals surface area (Å²) in [7, 11) is 0. The molecule has 2 rings (SSSR count). The Hall–Kier alpha value is -1.03. The highest BCUT2D eigenvalue weighted by atomic mass is 79.9. The third-order valence-electron chi connectivity index (χ3n) is 3.32. The zero-order valence-corrected chi connectivity index (χ0v) is 14.2. The lowest BCUT2D eigenvalue weighted by atomic mass is 9.91. The van der Waals surface area contributed by atoms with Gasteiger partial charge in [-0.3, -0.25) is 0 Å². The summed E-state index contributed by atoms with van der Waals surface area (Å²) in [6, 6.07) is 15.2. The minimum atomic E-state index is -0.856. The highest BCUT2D eigenvalue weighted by molar-refractivity contribution is 9.10. The minimum absolute atomic E-state index is 0.556. The Labute approximate surface area is 138 Å². The number of aliphatic hydroxyl groups is 1. The fourth-order valence-corrected chi connectivity index (χ4v) is 2.47. The van der Waals surface area contributed by atoms with Crippen LogP contribution in [-0.2, 0) is 5.60 Å². The van der Waals surface area contributed by atoms with E-state index in [4.69, 9.17) is 16.3 Å². The van der Waals surface area contributed by atoms with Crippen molar-refractivity contribution in [3.8, 4) is 11.5 Å². The number of ether oxygens (including phenoxy) is 1. The van der Waals surface area contributed by atoms with Crippen molar-refractivity contribution in [3.05, 3.63) is 58.6 Å². The molecule has 0 bridgehead atoms. The molecule has 0 heterocycles. The van der Waals surface area contributed by atoms with Crippen molar-refractivity contribution < 1.29 is 9.84 Å². The molecule has 0 saturated carbocycles. The molecule has 2 nitrogen and oxygen atoms in total. The van der Waals surface area contributed by atoms with Gasteiger partial charge < -0.3 is 9.84 Å². The summed E-state index contributed by atoms with van der Waals surface area (Å²) in [6.07, 6.45) is 1.43. The molecule has 112 valence electrons. The van der Waals surface area contributed by atoms with E-state index in [-0.39, 0.29) is 0 Å². The number of halogens is 2. The molecule has 0 amide bonds. The summed E-state index contributed by atoms with van der Waals surface area (Å²) in [5.74, 6) is 2.08. The van der Waals surface area contributed by atoms with Crippen LogP contribution >= 0.6 is 27.5 Å². The zero-order chi connectivity index (χ0) is 15.3. The van der Waals surface area contributed by atoms with E-state index in [1.54, 1.807) is 0 Å². The second-order valence-electron chi connectivity index (χ2n) is 5.15. The van der Waals surface area contributed by atoms with Gasteiger partial charge in [0.1, 0.15) is 11.5 Å². The number of hydrogen-bond donors (Lipinski definition) is 1. The molecule has 4 heteroatoms. The zero-order valence-electron chi connectivity index (χ0n) is 11.9. The number of rotatable bonds is 6. The van der Waals surface area contributed by atoms with E-state index in [2.05, 4.69) is 15.9 Å². The van der Waals surface area contributed by atoms with Gasteiger partial charge in [-0.05, 0) is 61.7 Å². The molecule has 0 spiro atoms. The van der Waals surface area contributed by atoms with Crippen LogP contribution in [0.4, 0.5) is 0 Å². The highest BCUT2D eigenvalue weighted by Gasteiger charge is 2.22. The normalized spacial score (nSPS) is 13.7. The molecule has 1 atom stereocenters. The van der Waals surface area contributed by atoms with Crippen LogP contribution in [0, 0.1) is 0 Å². The van der Waals surface area contributed by atoms with Gasteiger partial charge in [0.05, 0.1) is 5.60 Å². The first kappa shape index (κ1) is 16.3. The van der Waals surface area contributed by atoms with Crippen molar-refractivity contribution in [3.63, 3.8) is 0 Å². The molecule has 0 saturated heterocycles. The molecule has 0 aliphatic heterocycles. The number of benzene rings is 2. The average molecular weight is 370 g/mol. The van der Waals surface area contributed by atoms with Crippen molar-refractivity contribution in [2.75, 3.05) is 5.88 Å². The Kier molecular flexibility index (Phi) is 5.68.